The highest BCUT2D eigenvalue weighted by atomic mass is 32.1. The Morgan fingerprint density at radius 1 is 1.00 bits per heavy atom. The summed E-state index contributed by atoms with van der Waals surface area (Å²) < 4.78 is 0. The number of nitrogens with one attached hydrogen (secondary N) is 1. The lowest BCUT2D eigenvalue weighted by molar-refractivity contribution is 1.32. The zero-order chi connectivity index (χ0) is 14.9. The molecule has 3 heterocycles. The molecule has 4 aromatic rings. The minimum atomic E-state index is 0.624. The van der Waals surface area contributed by atoms with E-state index in [1.807, 2.05) is 12.3 Å². The van der Waals surface area contributed by atoms with Crippen LogP contribution < -0.4 is 0 Å². The first-order chi connectivity index (χ1) is 10.8. The molecule has 0 fully saturated rings. The Morgan fingerprint density at radius 2 is 1.77 bits per heavy atom. The molecule has 0 spiro atoms. The number of fused-ring (bicyclic) bond motifs is 1. The third-order valence-corrected chi connectivity index (χ3v) is 4.41. The van der Waals surface area contributed by atoms with Gasteiger partial charge in [-0.15, -0.1) is 0 Å². The lowest BCUT2D eigenvalue weighted by Gasteiger charge is -2.04. The van der Waals surface area contributed by atoms with Gasteiger partial charge in [0.15, 0.2) is 0 Å². The number of hydrogen-bond acceptors (Lipinski definition) is 3. The van der Waals surface area contributed by atoms with Crippen molar-refractivity contribution in [2.24, 2.45) is 0 Å². The van der Waals surface area contributed by atoms with Crippen LogP contribution >= 0.6 is 11.3 Å². The molecule has 0 saturated heterocycles. The van der Waals surface area contributed by atoms with Gasteiger partial charge in [0.2, 0.25) is 0 Å². The van der Waals surface area contributed by atoms with Crippen molar-refractivity contribution in [3.8, 4) is 28.3 Å². The molecule has 104 valence electrons. The Kier molecular flexibility index (Phi) is 2.99. The second kappa shape index (κ2) is 5.14. The fourth-order valence-corrected chi connectivity index (χ4v) is 3.20. The molecule has 0 unspecified atom stereocenters. The van der Waals surface area contributed by atoms with Gasteiger partial charge in [-0.2, -0.15) is 16.6 Å². The summed E-state index contributed by atoms with van der Waals surface area (Å²) in [6.45, 7) is 0. The number of pyridine rings is 1. The summed E-state index contributed by atoms with van der Waals surface area (Å²) in [5.41, 5.74) is 5.93. The number of rotatable bonds is 2. The summed E-state index contributed by atoms with van der Waals surface area (Å²) in [5, 5.41) is 14.2. The van der Waals surface area contributed by atoms with Crippen LogP contribution in [-0.2, 0) is 0 Å². The van der Waals surface area contributed by atoms with Crippen molar-refractivity contribution < 1.29 is 0 Å². The van der Waals surface area contributed by atoms with E-state index < -0.39 is 0 Å². The Balaban J connectivity index is 1.77. The SMILES string of the molecule is N#Cc1c[nH]c2ncc(-c3ccc(-c4ccsc4)cc3)cc12. The van der Waals surface area contributed by atoms with Gasteiger partial charge in [-0.25, -0.2) is 4.98 Å². The number of nitrogens with zero attached hydrogens (tertiary/aromatic N) is 2. The largest absolute Gasteiger partial charge is 0.345 e. The molecule has 0 atom stereocenters. The van der Waals surface area contributed by atoms with E-state index >= 15 is 0 Å². The maximum atomic E-state index is 9.13. The second-order valence-corrected chi connectivity index (χ2v) is 5.80. The smallest absolute Gasteiger partial charge is 0.138 e. The standard InChI is InChI=1S/C18H11N3S/c19-8-16-10-21-18-17(16)7-15(9-20-18)13-3-1-12(2-4-13)14-5-6-22-11-14/h1-7,9-11H,(H,20,21). The highest BCUT2D eigenvalue weighted by Gasteiger charge is 2.07. The zero-order valence-corrected chi connectivity index (χ0v) is 12.4. The number of nitriles is 1. The van der Waals surface area contributed by atoms with Crippen molar-refractivity contribution in [1.82, 2.24) is 9.97 Å². The van der Waals surface area contributed by atoms with E-state index in [1.165, 1.54) is 11.1 Å². The minimum absolute atomic E-state index is 0.624. The molecular formula is C18H11N3S. The monoisotopic (exact) mass is 301 g/mol. The topological polar surface area (TPSA) is 52.5 Å². The normalized spacial score (nSPS) is 10.7. The van der Waals surface area contributed by atoms with Gasteiger partial charge < -0.3 is 4.98 Å². The lowest BCUT2D eigenvalue weighted by atomic mass is 10.0. The molecular weight excluding hydrogens is 290 g/mol. The molecule has 4 rings (SSSR count). The summed E-state index contributed by atoms with van der Waals surface area (Å²) in [6.07, 6.45) is 3.53. The second-order valence-electron chi connectivity index (χ2n) is 5.02. The Bertz CT molecular complexity index is 974. The van der Waals surface area contributed by atoms with Crippen LogP contribution in [0.5, 0.6) is 0 Å². The summed E-state index contributed by atoms with van der Waals surface area (Å²) in [4.78, 5) is 7.41. The molecule has 0 saturated carbocycles. The van der Waals surface area contributed by atoms with E-state index in [9.17, 15) is 0 Å². The number of thiophene rings is 1. The fourth-order valence-electron chi connectivity index (χ4n) is 2.54. The number of H-pyrrole nitrogens is 1. The maximum absolute atomic E-state index is 9.13. The van der Waals surface area contributed by atoms with E-state index in [0.29, 0.717) is 5.56 Å². The Hall–Kier alpha value is -2.90. The van der Waals surface area contributed by atoms with Crippen molar-refractivity contribution in [2.75, 3.05) is 0 Å². The number of aromatic amines is 1. The highest BCUT2D eigenvalue weighted by molar-refractivity contribution is 7.08. The lowest BCUT2D eigenvalue weighted by Crippen LogP contribution is -1.83. The molecule has 22 heavy (non-hydrogen) atoms. The van der Waals surface area contributed by atoms with Gasteiger partial charge in [-0.3, -0.25) is 0 Å². The average molecular weight is 301 g/mol. The van der Waals surface area contributed by atoms with Crippen molar-refractivity contribution in [2.45, 2.75) is 0 Å². The van der Waals surface area contributed by atoms with Gasteiger partial charge in [-0.05, 0) is 39.6 Å². The Morgan fingerprint density at radius 3 is 2.45 bits per heavy atom. The van der Waals surface area contributed by atoms with E-state index in [4.69, 9.17) is 5.26 Å². The molecule has 1 N–H and O–H groups in total. The van der Waals surface area contributed by atoms with Gasteiger partial charge in [0, 0.05) is 23.3 Å². The predicted molar refractivity (Wildman–Crippen MR) is 89.6 cm³/mol. The Labute approximate surface area is 131 Å². The average Bonchev–Trinajstić information content (AvgIpc) is 3.24. The summed E-state index contributed by atoms with van der Waals surface area (Å²) in [5.74, 6) is 0. The quantitative estimate of drug-likeness (QED) is 0.576. The summed E-state index contributed by atoms with van der Waals surface area (Å²) in [7, 11) is 0. The third kappa shape index (κ3) is 2.09. The third-order valence-electron chi connectivity index (χ3n) is 3.72. The first-order valence-corrected chi connectivity index (χ1v) is 7.80. The highest BCUT2D eigenvalue weighted by Crippen LogP contribution is 2.28. The molecule has 0 radical (unpaired) electrons. The number of benzene rings is 1. The van der Waals surface area contributed by atoms with Crippen LogP contribution in [0.1, 0.15) is 5.56 Å². The fraction of sp³-hybridized carbons (Fsp3) is 0. The van der Waals surface area contributed by atoms with E-state index in [-0.39, 0.29) is 0 Å². The molecule has 0 aliphatic carbocycles. The van der Waals surface area contributed by atoms with Gasteiger partial charge in [0.1, 0.15) is 11.7 Å². The molecule has 0 aliphatic rings. The van der Waals surface area contributed by atoms with Crippen LogP contribution in [0.25, 0.3) is 33.3 Å². The van der Waals surface area contributed by atoms with Crippen LogP contribution in [-0.4, -0.2) is 9.97 Å². The summed E-state index contributed by atoms with van der Waals surface area (Å²) in [6, 6.07) is 14.7. The molecule has 3 nitrogen and oxygen atoms in total. The van der Waals surface area contributed by atoms with Crippen molar-refractivity contribution in [1.29, 1.82) is 5.26 Å². The number of aromatic nitrogens is 2. The van der Waals surface area contributed by atoms with Crippen molar-refractivity contribution in [3.63, 3.8) is 0 Å². The molecule has 4 heteroatoms. The first-order valence-electron chi connectivity index (χ1n) is 6.85. The van der Waals surface area contributed by atoms with Gasteiger partial charge in [0.05, 0.1) is 5.56 Å². The molecule has 1 aromatic carbocycles. The molecule has 0 bridgehead atoms. The number of hydrogen-bond donors (Lipinski definition) is 1. The van der Waals surface area contributed by atoms with Crippen LogP contribution in [0, 0.1) is 11.3 Å². The van der Waals surface area contributed by atoms with E-state index in [2.05, 4.69) is 57.1 Å². The van der Waals surface area contributed by atoms with Crippen LogP contribution in [0.4, 0.5) is 0 Å². The predicted octanol–water partition coefficient (Wildman–Crippen LogP) is 4.83. The first kappa shape index (κ1) is 12.8. The van der Waals surface area contributed by atoms with Gasteiger partial charge >= 0.3 is 0 Å². The van der Waals surface area contributed by atoms with E-state index in [0.717, 1.165) is 22.2 Å². The van der Waals surface area contributed by atoms with Crippen molar-refractivity contribution >= 4 is 22.4 Å². The molecule has 3 aromatic heterocycles. The van der Waals surface area contributed by atoms with Crippen LogP contribution in [0.2, 0.25) is 0 Å². The zero-order valence-electron chi connectivity index (χ0n) is 11.6. The van der Waals surface area contributed by atoms with Gasteiger partial charge in [-0.1, -0.05) is 24.3 Å². The van der Waals surface area contributed by atoms with Gasteiger partial charge in [0.25, 0.3) is 0 Å². The van der Waals surface area contributed by atoms with Crippen LogP contribution in [0.15, 0.2) is 59.6 Å². The maximum Gasteiger partial charge on any atom is 0.138 e. The van der Waals surface area contributed by atoms with Crippen molar-refractivity contribution in [3.05, 3.63) is 65.1 Å². The van der Waals surface area contributed by atoms with E-state index in [1.54, 1.807) is 17.5 Å². The molecule has 0 amide bonds. The minimum Gasteiger partial charge on any atom is -0.345 e. The molecule has 0 aliphatic heterocycles. The van der Waals surface area contributed by atoms with Crippen LogP contribution in [0.3, 0.4) is 0 Å². The summed E-state index contributed by atoms with van der Waals surface area (Å²) >= 11 is 1.70.